The molecule has 1 aliphatic carbocycles. The van der Waals surface area contributed by atoms with Crippen LogP contribution in [0.1, 0.15) is 108 Å². The van der Waals surface area contributed by atoms with Gasteiger partial charge in [-0.3, -0.25) is 72.4 Å². The minimum absolute atomic E-state index is 0. The van der Waals surface area contributed by atoms with Crippen molar-refractivity contribution in [3.05, 3.63) is 102 Å². The van der Waals surface area contributed by atoms with Crippen molar-refractivity contribution in [2.24, 2.45) is 34.0 Å². The Morgan fingerprint density at radius 2 is 1.00 bits per heavy atom. The number of para-hydroxylation sites is 1. The molecule has 0 bridgehead atoms. The summed E-state index contributed by atoms with van der Waals surface area (Å²) in [5.74, 6) is -17.3. The summed E-state index contributed by atoms with van der Waals surface area (Å²) in [4.78, 5) is 202. The number of rotatable bonds is 45. The van der Waals surface area contributed by atoms with Gasteiger partial charge in [-0.25, -0.2) is 0 Å². The predicted octanol–water partition coefficient (Wildman–Crippen LogP) is -7.78. The van der Waals surface area contributed by atoms with Crippen LogP contribution < -0.4 is 80.4 Å². The van der Waals surface area contributed by atoms with E-state index in [1.165, 1.54) is 39.0 Å². The van der Waals surface area contributed by atoms with Gasteiger partial charge in [0.2, 0.25) is 59.1 Å². The van der Waals surface area contributed by atoms with Gasteiger partial charge in [-0.05, 0) is 78.8 Å². The summed E-state index contributed by atoms with van der Waals surface area (Å²) in [5.41, 5.74) is 18.8. The zero-order valence-corrected chi connectivity index (χ0v) is 66.1. The first kappa shape index (κ1) is 93.9. The van der Waals surface area contributed by atoms with Crippen LogP contribution in [-0.2, 0) is 86.4 Å². The number of aliphatic carboxylic acids is 4. The monoisotopic (exact) mass is 1650 g/mol. The van der Waals surface area contributed by atoms with E-state index in [1.54, 1.807) is 74.6 Å². The van der Waals surface area contributed by atoms with Crippen molar-refractivity contribution in [2.75, 3.05) is 72.1 Å². The molecule has 2 heterocycles. The summed E-state index contributed by atoms with van der Waals surface area (Å²) >= 11 is 0. The van der Waals surface area contributed by atoms with Crippen molar-refractivity contribution in [3.63, 3.8) is 0 Å². The number of primary amides is 1. The van der Waals surface area contributed by atoms with Gasteiger partial charge in [0.15, 0.2) is 5.96 Å². The second kappa shape index (κ2) is 47.7. The molecule has 6 rings (SSSR count). The Morgan fingerprint density at radius 1 is 0.535 bits per heavy atom. The fraction of sp³-hybridized carbons (Fsp3) is 0.533. The molecule has 20 N–H and O–H groups in total. The maximum Gasteiger partial charge on any atom is 3.00 e. The number of hydrogen-bond donors (Lipinski definition) is 17. The van der Waals surface area contributed by atoms with Gasteiger partial charge in [0.1, 0.15) is 60.1 Å². The van der Waals surface area contributed by atoms with E-state index in [9.17, 15) is 103 Å². The molecule has 38 nitrogen and oxygen atoms in total. The maximum atomic E-state index is 14.9. The van der Waals surface area contributed by atoms with Gasteiger partial charge in [0.25, 0.3) is 0 Å². The molecule has 10 amide bonds. The molecule has 114 heavy (non-hydrogen) atoms. The van der Waals surface area contributed by atoms with E-state index in [-0.39, 0.29) is 134 Å². The third-order valence-electron chi connectivity index (χ3n) is 19.4. The number of phenolic OH excluding ortho intramolecular Hbond substituents is 1. The second-order valence-electron chi connectivity index (χ2n) is 28.6. The summed E-state index contributed by atoms with van der Waals surface area (Å²) in [6, 6.07) is 4.68. The number of carbonyl (C=O) groups excluding carboxylic acids is 13. The number of aliphatic hydroxyl groups excluding tert-OH is 2. The molecule has 0 radical (unpaired) electrons. The number of carboxylic acids is 4. The number of nitrogens with one attached hydrogen (secondary N) is 10. The van der Waals surface area contributed by atoms with Gasteiger partial charge < -0.3 is 120 Å². The van der Waals surface area contributed by atoms with Crippen LogP contribution >= 0.6 is 0 Å². The van der Waals surface area contributed by atoms with Gasteiger partial charge in [0, 0.05) is 108 Å². The first-order valence-corrected chi connectivity index (χ1v) is 37.5. The van der Waals surface area contributed by atoms with Crippen LogP contribution in [0.4, 0.5) is 0 Å². The number of aromatic amines is 1. The van der Waals surface area contributed by atoms with Gasteiger partial charge in [-0.2, -0.15) is 0 Å². The molecule has 618 valence electrons. The van der Waals surface area contributed by atoms with Crippen molar-refractivity contribution in [3.8, 4) is 5.75 Å². The molecule has 10 atom stereocenters. The van der Waals surface area contributed by atoms with E-state index in [4.69, 9.17) is 17.2 Å². The number of carboxylic acid groups (broad SMARTS) is 4. The second-order valence-corrected chi connectivity index (χ2v) is 28.6. The summed E-state index contributed by atoms with van der Waals surface area (Å²) in [5, 5.41) is 100. The quantitative estimate of drug-likeness (QED) is 0.00846. The van der Waals surface area contributed by atoms with Gasteiger partial charge in [0.05, 0.1) is 37.5 Å². The number of aromatic hydroxyl groups is 1. The van der Waals surface area contributed by atoms with Crippen LogP contribution in [-0.4, -0.2) is 281 Å². The minimum atomic E-state index is -1.90. The van der Waals surface area contributed by atoms with E-state index in [0.29, 0.717) is 40.4 Å². The zero-order chi connectivity index (χ0) is 82.8. The molecule has 39 heteroatoms. The molecule has 2 aliphatic rings. The van der Waals surface area contributed by atoms with Crippen LogP contribution in [0.2, 0.25) is 0 Å². The van der Waals surface area contributed by atoms with E-state index in [2.05, 4.69) is 57.8 Å². The molecule has 1 saturated carbocycles. The van der Waals surface area contributed by atoms with Crippen molar-refractivity contribution in [1.82, 2.24) is 67.5 Å². The molecule has 3 aromatic carbocycles. The van der Waals surface area contributed by atoms with E-state index >= 15 is 0 Å². The predicted molar refractivity (Wildman–Crippen MR) is 406 cm³/mol. The molecule has 2 fully saturated rings. The van der Waals surface area contributed by atoms with Crippen molar-refractivity contribution < 1.29 is 103 Å². The Hall–Kier alpha value is -10.7. The number of nitrogens with zero attached hydrogens (tertiary/aromatic N) is 4. The number of aliphatic hydroxyl groups is 2. The maximum absolute atomic E-state index is 14.9. The van der Waals surface area contributed by atoms with Crippen LogP contribution in [0.5, 0.6) is 5.75 Å². The normalized spacial score (nSPS) is 16.3. The number of amides is 10. The molecule has 1 unspecified atom stereocenters. The van der Waals surface area contributed by atoms with Crippen LogP contribution in [0.3, 0.4) is 0 Å². The molecular weight excluding hydrogens is 1540 g/mol. The summed E-state index contributed by atoms with van der Waals surface area (Å²) in [7, 11) is 0. The van der Waals surface area contributed by atoms with Crippen LogP contribution in [0.15, 0.2) is 90.1 Å². The fourth-order valence-corrected chi connectivity index (χ4v) is 13.4. The van der Waals surface area contributed by atoms with Gasteiger partial charge in [-0.1, -0.05) is 107 Å². The van der Waals surface area contributed by atoms with Gasteiger partial charge >= 0.3 is 25.8 Å². The minimum Gasteiger partial charge on any atom is -0.549 e. The topological polar surface area (TPSA) is 613 Å². The number of carbonyl (C=O) groups is 14. The SMILES string of the molecule is CC(C)C[C@H](NC(=O)[C@H](Cc1ccc(O)cc1)NC(=O)[C@@H](CCCN=C(N)N)NC(=O)[C@@H](CO)NC(=O)[C@H](Cc1ccccc1)NC(=O)[C@H](CC1CCCCC1)NC(=O)[C@H](CC(=O)O)NC(=O)CCC(C(=O)[O-])N1CCN(CC(=O)[O-])CCN(CC(=O)[O-])CC1)C(=O)N[C@@H](Cc1c[nH]c2ccccc12)C(=O)N[C@@H](CO)C(N)=O.[68Ga+3]. The number of nitrogens with two attached hydrogens (primary N) is 3. The molecule has 1 aliphatic heterocycles. The number of H-pyrrole nitrogens is 1. The van der Waals surface area contributed by atoms with Crippen LogP contribution in [0, 0.1) is 11.8 Å². The number of aromatic nitrogens is 1. The Kier molecular flexibility index (Phi) is 39.3. The molecule has 4 aromatic rings. The first-order valence-electron chi connectivity index (χ1n) is 37.5. The molecular formula is C75H104GaN17O21. The molecule has 1 aromatic heterocycles. The number of guanidine groups is 1. The third kappa shape index (κ3) is 32.0. The van der Waals surface area contributed by atoms with E-state index < -0.39 is 189 Å². The van der Waals surface area contributed by atoms with Crippen LogP contribution in [0.25, 0.3) is 10.9 Å². The average Bonchev–Trinajstić information content (AvgIpc) is 1.70. The Bertz CT molecular complexity index is 3910. The number of hydrogen-bond acceptors (Lipinski definition) is 24. The van der Waals surface area contributed by atoms with Crippen molar-refractivity contribution in [2.45, 2.75) is 171 Å². The van der Waals surface area contributed by atoms with Crippen molar-refractivity contribution >= 4 is 120 Å². The third-order valence-corrected chi connectivity index (χ3v) is 19.4. The fourth-order valence-electron chi connectivity index (χ4n) is 13.4. The number of fused-ring (bicyclic) bond motifs is 1. The Labute approximate surface area is 671 Å². The zero-order valence-electron chi connectivity index (χ0n) is 63.7. The largest absolute Gasteiger partial charge is 3.00 e. The Balaban J connectivity index is 0.0000232. The van der Waals surface area contributed by atoms with E-state index in [0.717, 1.165) is 19.3 Å². The van der Waals surface area contributed by atoms with Crippen molar-refractivity contribution in [1.29, 1.82) is 0 Å². The Morgan fingerprint density at radius 3 is 1.54 bits per heavy atom. The summed E-state index contributed by atoms with van der Waals surface area (Å²) in [6.07, 6.45) is 1.84. The molecule has 1 saturated heterocycles. The van der Waals surface area contributed by atoms with Gasteiger partial charge in [-0.15, -0.1) is 0 Å². The average molecular weight is 1650 g/mol. The standard InChI is InChI=1S/C75H107N17O21.Ga/c1-43(2)32-52(67(105)87-56(71(109)88-58(41-93)65(76)103)36-47-38-80-50-17-10-9-16-49(47)50)83-68(106)55(35-46-19-21-48(95)22-20-46)84-66(104)51(18-11-25-79-75(77)78)82-73(111)59(42-94)89-70(108)54(34-45-14-7-4-8-15-45)85-69(107)53(33-44-12-5-3-6-13-44)86-72(110)57(37-62(97)98)81-61(96)24-23-60(74(112)113)92-30-28-90(39-63(99)100)26-27-91(29-31-92)40-64(101)102;/h4,7-10,14-17,19-22,38,43-44,51-60,80,93-95H,3,5-6,11-13,18,23-37,39-42H2,1-2H3,(H2,76,103)(H,81,96)(H,82,111)(H,83,106)(H,84,104)(H,85,107)(H,86,110)(H,87,105)(H,88,109)(H,89,108)(H,97,98)(H,99,100)(H,101,102)(H,112,113)(H4,77,78,79);/q;+3/p-3/t51-,52+,53+,54+,55+,56+,57+,58+,59-,60?;/m1./s1/i;1-2. The summed E-state index contributed by atoms with van der Waals surface area (Å²) < 4.78 is 0. The number of benzene rings is 3. The number of phenols is 1. The smallest absolute Gasteiger partial charge is 0.549 e. The summed E-state index contributed by atoms with van der Waals surface area (Å²) in [6.45, 7) is 0.230. The molecule has 0 spiro atoms. The first-order chi connectivity index (χ1) is 53.8. The van der Waals surface area contributed by atoms with E-state index in [1.807, 2.05) is 0 Å². The number of aliphatic imine (C=N–C) groups is 1.